The molecule has 1 aliphatic carbocycles. The number of halogens is 2. The molecular formula is C22H27ClFN3. The van der Waals surface area contributed by atoms with E-state index in [4.69, 9.17) is 4.98 Å². The van der Waals surface area contributed by atoms with Crippen LogP contribution in [0, 0.1) is 39.4 Å². The predicted molar refractivity (Wildman–Crippen MR) is 112 cm³/mol. The fourth-order valence-electron chi connectivity index (χ4n) is 3.64. The molecule has 1 saturated carbocycles. The average molecular weight is 388 g/mol. The van der Waals surface area contributed by atoms with Crippen LogP contribution in [0.3, 0.4) is 0 Å². The zero-order valence-corrected chi connectivity index (χ0v) is 17.2. The highest BCUT2D eigenvalue weighted by atomic mass is 35.5. The Hall–Kier alpha value is -2.07. The lowest BCUT2D eigenvalue weighted by molar-refractivity contribution is 0.627. The van der Waals surface area contributed by atoms with E-state index < -0.39 is 0 Å². The Balaban J connectivity index is 0.00000210. The molecule has 1 aromatic carbocycles. The van der Waals surface area contributed by atoms with E-state index in [9.17, 15) is 4.39 Å². The summed E-state index contributed by atoms with van der Waals surface area (Å²) in [5.74, 6) is 0.604. The van der Waals surface area contributed by atoms with Crippen LogP contribution in [-0.4, -0.2) is 9.55 Å². The van der Waals surface area contributed by atoms with Crippen molar-refractivity contribution in [1.82, 2.24) is 9.55 Å². The first-order valence-electron chi connectivity index (χ1n) is 9.40. The number of nitrogens with one attached hydrogen (secondary N) is 1. The van der Waals surface area contributed by atoms with Gasteiger partial charge in [-0.05, 0) is 75.3 Å². The zero-order chi connectivity index (χ0) is 18.4. The van der Waals surface area contributed by atoms with Gasteiger partial charge < -0.3 is 9.88 Å². The van der Waals surface area contributed by atoms with Crippen LogP contribution in [0.1, 0.15) is 40.9 Å². The third kappa shape index (κ3) is 3.68. The van der Waals surface area contributed by atoms with Crippen LogP contribution in [0.15, 0.2) is 24.3 Å². The summed E-state index contributed by atoms with van der Waals surface area (Å²) < 4.78 is 15.6. The second kappa shape index (κ2) is 7.51. The van der Waals surface area contributed by atoms with Crippen molar-refractivity contribution in [3.8, 4) is 0 Å². The zero-order valence-electron chi connectivity index (χ0n) is 16.4. The fraction of sp³-hybridized carbons (Fsp3) is 0.409. The van der Waals surface area contributed by atoms with E-state index in [1.165, 1.54) is 47.3 Å². The Morgan fingerprint density at radius 2 is 1.74 bits per heavy atom. The number of aromatic nitrogens is 2. The molecular weight excluding hydrogens is 361 g/mol. The van der Waals surface area contributed by atoms with Crippen LogP contribution >= 0.6 is 12.4 Å². The lowest BCUT2D eigenvalue weighted by Gasteiger charge is -2.16. The molecule has 0 radical (unpaired) electrons. The van der Waals surface area contributed by atoms with Gasteiger partial charge in [0.1, 0.15) is 5.82 Å². The number of rotatable bonds is 5. The molecule has 27 heavy (non-hydrogen) atoms. The lowest BCUT2D eigenvalue weighted by Crippen LogP contribution is -2.08. The normalized spacial score (nSPS) is 13.7. The maximum atomic E-state index is 13.2. The summed E-state index contributed by atoms with van der Waals surface area (Å²) in [5.41, 5.74) is 9.39. The summed E-state index contributed by atoms with van der Waals surface area (Å²) in [4.78, 5) is 4.90. The summed E-state index contributed by atoms with van der Waals surface area (Å²) in [6, 6.07) is 6.70. The Morgan fingerprint density at radius 3 is 2.37 bits per heavy atom. The number of anilines is 1. The molecule has 3 nitrogen and oxygen atoms in total. The Morgan fingerprint density at radius 1 is 1.07 bits per heavy atom. The number of pyridine rings is 1. The standard InChI is InChI=1S/C22H26FN3.ClH/c1-13-15(3)25-21-14(2)16(4)26(12-18-5-6-18)22(21)20(13)24-11-17-7-9-19(23)10-8-17;/h7-10,18H,5-6,11-12H2,1-4H3,(H,24,25);1H. The van der Waals surface area contributed by atoms with Crippen LogP contribution in [0.5, 0.6) is 0 Å². The quantitative estimate of drug-likeness (QED) is 0.594. The van der Waals surface area contributed by atoms with Gasteiger partial charge in [0.05, 0.1) is 16.7 Å². The van der Waals surface area contributed by atoms with Crippen molar-refractivity contribution in [2.75, 3.05) is 5.32 Å². The van der Waals surface area contributed by atoms with Gasteiger partial charge >= 0.3 is 0 Å². The van der Waals surface area contributed by atoms with Gasteiger partial charge in [-0.2, -0.15) is 0 Å². The molecule has 0 atom stereocenters. The van der Waals surface area contributed by atoms with Crippen molar-refractivity contribution >= 4 is 29.1 Å². The highest BCUT2D eigenvalue weighted by Crippen LogP contribution is 2.38. The second-order valence-electron chi connectivity index (χ2n) is 7.64. The smallest absolute Gasteiger partial charge is 0.123 e. The number of benzene rings is 1. The average Bonchev–Trinajstić information content (AvgIpc) is 3.41. The van der Waals surface area contributed by atoms with Crippen LogP contribution in [-0.2, 0) is 13.1 Å². The molecule has 2 aromatic heterocycles. The third-order valence-electron chi connectivity index (χ3n) is 5.75. The van der Waals surface area contributed by atoms with Crippen molar-refractivity contribution in [2.24, 2.45) is 5.92 Å². The van der Waals surface area contributed by atoms with E-state index in [1.54, 1.807) is 0 Å². The first kappa shape index (κ1) is 19.7. The van der Waals surface area contributed by atoms with E-state index in [0.29, 0.717) is 6.54 Å². The van der Waals surface area contributed by atoms with Crippen LogP contribution in [0.2, 0.25) is 0 Å². The molecule has 0 bridgehead atoms. The van der Waals surface area contributed by atoms with E-state index in [0.717, 1.165) is 34.9 Å². The molecule has 144 valence electrons. The minimum absolute atomic E-state index is 0. The summed E-state index contributed by atoms with van der Waals surface area (Å²) >= 11 is 0. The van der Waals surface area contributed by atoms with Gasteiger partial charge in [-0.15, -0.1) is 12.4 Å². The highest BCUT2D eigenvalue weighted by molar-refractivity contribution is 5.94. The number of hydrogen-bond acceptors (Lipinski definition) is 2. The highest BCUT2D eigenvalue weighted by Gasteiger charge is 2.26. The molecule has 1 fully saturated rings. The van der Waals surface area contributed by atoms with Gasteiger partial charge in [0.2, 0.25) is 0 Å². The minimum Gasteiger partial charge on any atom is -0.379 e. The van der Waals surface area contributed by atoms with E-state index in [2.05, 4.69) is 37.6 Å². The van der Waals surface area contributed by atoms with E-state index in [1.807, 2.05) is 12.1 Å². The molecule has 0 saturated heterocycles. The van der Waals surface area contributed by atoms with Crippen molar-refractivity contribution in [2.45, 2.75) is 53.6 Å². The van der Waals surface area contributed by atoms with E-state index >= 15 is 0 Å². The summed E-state index contributed by atoms with van der Waals surface area (Å²) in [6.07, 6.45) is 2.66. The maximum absolute atomic E-state index is 13.2. The number of aryl methyl sites for hydroxylation is 2. The largest absolute Gasteiger partial charge is 0.379 e. The topological polar surface area (TPSA) is 29.9 Å². The number of fused-ring (bicyclic) bond motifs is 1. The summed E-state index contributed by atoms with van der Waals surface area (Å²) in [5, 5.41) is 3.62. The van der Waals surface area contributed by atoms with Crippen molar-refractivity contribution in [3.63, 3.8) is 0 Å². The monoisotopic (exact) mass is 387 g/mol. The molecule has 0 aliphatic heterocycles. The molecule has 4 rings (SSSR count). The van der Waals surface area contributed by atoms with Crippen LogP contribution < -0.4 is 5.32 Å². The van der Waals surface area contributed by atoms with Gasteiger partial charge in [0.25, 0.3) is 0 Å². The van der Waals surface area contributed by atoms with Crippen LogP contribution in [0.25, 0.3) is 11.0 Å². The maximum Gasteiger partial charge on any atom is 0.123 e. The Labute approximate surface area is 166 Å². The van der Waals surface area contributed by atoms with Gasteiger partial charge in [-0.1, -0.05) is 12.1 Å². The summed E-state index contributed by atoms with van der Waals surface area (Å²) in [7, 11) is 0. The Bertz CT molecular complexity index is 972. The molecule has 0 amide bonds. The number of nitrogens with zero attached hydrogens (tertiary/aromatic N) is 2. The molecule has 0 spiro atoms. The fourth-order valence-corrected chi connectivity index (χ4v) is 3.64. The third-order valence-corrected chi connectivity index (χ3v) is 5.75. The SMILES string of the molecule is Cc1nc2c(C)c(C)n(CC3CC3)c2c(NCc2ccc(F)cc2)c1C.Cl. The van der Waals surface area contributed by atoms with E-state index in [-0.39, 0.29) is 18.2 Å². The lowest BCUT2D eigenvalue weighted by atomic mass is 10.1. The molecule has 2 heterocycles. The molecule has 1 aliphatic rings. The molecule has 1 N–H and O–H groups in total. The molecule has 3 aromatic rings. The van der Waals surface area contributed by atoms with Crippen molar-refractivity contribution in [3.05, 3.63) is 58.2 Å². The minimum atomic E-state index is -0.198. The van der Waals surface area contributed by atoms with Crippen molar-refractivity contribution in [1.29, 1.82) is 0 Å². The first-order chi connectivity index (χ1) is 12.5. The molecule has 0 unspecified atom stereocenters. The Kier molecular flexibility index (Phi) is 5.48. The first-order valence-corrected chi connectivity index (χ1v) is 9.40. The number of hydrogen-bond donors (Lipinski definition) is 1. The van der Waals surface area contributed by atoms with Gasteiger partial charge in [-0.3, -0.25) is 4.98 Å². The van der Waals surface area contributed by atoms with Gasteiger partial charge in [0, 0.05) is 24.5 Å². The van der Waals surface area contributed by atoms with Gasteiger partial charge in [-0.25, -0.2) is 4.39 Å². The summed E-state index contributed by atoms with van der Waals surface area (Å²) in [6.45, 7) is 10.3. The molecule has 5 heteroatoms. The van der Waals surface area contributed by atoms with Crippen molar-refractivity contribution < 1.29 is 4.39 Å². The van der Waals surface area contributed by atoms with Crippen LogP contribution in [0.4, 0.5) is 10.1 Å². The van der Waals surface area contributed by atoms with Gasteiger partial charge in [0.15, 0.2) is 0 Å². The second-order valence-corrected chi connectivity index (χ2v) is 7.64. The predicted octanol–water partition coefficient (Wildman–Crippen LogP) is 5.85.